The Morgan fingerprint density at radius 1 is 1.65 bits per heavy atom. The summed E-state index contributed by atoms with van der Waals surface area (Å²) in [5.74, 6) is -0.108. The maximum Gasteiger partial charge on any atom is 0.255 e. The Morgan fingerprint density at radius 3 is 3.18 bits per heavy atom. The van der Waals surface area contributed by atoms with E-state index < -0.39 is 5.82 Å². The van der Waals surface area contributed by atoms with Crippen LogP contribution in [0.3, 0.4) is 0 Å². The molecule has 1 amide bonds. The molecule has 1 unspecified atom stereocenters. The summed E-state index contributed by atoms with van der Waals surface area (Å²) < 4.78 is 13.0. The summed E-state index contributed by atoms with van der Waals surface area (Å²) >= 11 is 0. The molecule has 2 rings (SSSR count). The molecule has 1 atom stereocenters. The molecule has 0 spiro atoms. The number of nitrogens with zero attached hydrogens (tertiary/aromatic N) is 2. The summed E-state index contributed by atoms with van der Waals surface area (Å²) in [6.45, 7) is 2.38. The van der Waals surface area contributed by atoms with Crippen LogP contribution in [0.25, 0.3) is 0 Å². The van der Waals surface area contributed by atoms with E-state index in [1.165, 1.54) is 12.3 Å². The number of rotatable bonds is 3. The highest BCUT2D eigenvalue weighted by atomic mass is 19.1. The van der Waals surface area contributed by atoms with Gasteiger partial charge in [0.25, 0.3) is 5.91 Å². The van der Waals surface area contributed by atoms with Gasteiger partial charge >= 0.3 is 0 Å². The molecule has 2 heterocycles. The maximum absolute atomic E-state index is 13.0. The first-order valence-corrected chi connectivity index (χ1v) is 5.75. The number of hydrogen-bond acceptors (Lipinski definition) is 3. The van der Waals surface area contributed by atoms with E-state index in [-0.39, 0.29) is 5.91 Å². The summed E-state index contributed by atoms with van der Waals surface area (Å²) in [7, 11) is 1.90. The minimum atomic E-state index is -0.471. The quantitative estimate of drug-likeness (QED) is 0.849. The lowest BCUT2D eigenvalue weighted by Gasteiger charge is -2.16. The van der Waals surface area contributed by atoms with E-state index in [2.05, 4.69) is 10.3 Å². The topological polar surface area (TPSA) is 45.2 Å². The number of halogens is 1. The highest BCUT2D eigenvalue weighted by Crippen LogP contribution is 2.18. The van der Waals surface area contributed by atoms with E-state index in [1.54, 1.807) is 4.90 Å². The molecule has 4 nitrogen and oxygen atoms in total. The molecule has 0 saturated carbocycles. The third-order valence-corrected chi connectivity index (χ3v) is 3.02. The van der Waals surface area contributed by atoms with Gasteiger partial charge in [-0.15, -0.1) is 0 Å². The molecule has 0 aromatic carbocycles. The number of carbonyl (C=O) groups excluding carboxylic acids is 1. The first-order valence-electron chi connectivity index (χ1n) is 5.75. The van der Waals surface area contributed by atoms with Gasteiger partial charge in [-0.3, -0.25) is 9.78 Å². The predicted molar refractivity (Wildman–Crippen MR) is 62.1 cm³/mol. The molecule has 5 heteroatoms. The van der Waals surface area contributed by atoms with Crippen LogP contribution in [0.5, 0.6) is 0 Å². The van der Waals surface area contributed by atoms with Crippen molar-refractivity contribution in [3.63, 3.8) is 0 Å². The van der Waals surface area contributed by atoms with Crippen LogP contribution in [0.1, 0.15) is 16.8 Å². The van der Waals surface area contributed by atoms with E-state index in [0.29, 0.717) is 11.5 Å². The van der Waals surface area contributed by atoms with Crippen molar-refractivity contribution < 1.29 is 9.18 Å². The molecule has 1 saturated heterocycles. The zero-order valence-corrected chi connectivity index (χ0v) is 9.82. The van der Waals surface area contributed by atoms with Crippen LogP contribution in [0.4, 0.5) is 4.39 Å². The number of amides is 1. The minimum absolute atomic E-state index is 0.129. The minimum Gasteiger partial charge on any atom is -0.338 e. The van der Waals surface area contributed by atoms with Crippen LogP contribution in [-0.4, -0.2) is 42.5 Å². The largest absolute Gasteiger partial charge is 0.338 e. The molecule has 17 heavy (non-hydrogen) atoms. The fraction of sp³-hybridized carbons (Fsp3) is 0.500. The summed E-state index contributed by atoms with van der Waals surface area (Å²) in [4.78, 5) is 17.5. The Balaban J connectivity index is 2.02. The molecule has 0 aliphatic carbocycles. The van der Waals surface area contributed by atoms with Crippen LogP contribution >= 0.6 is 0 Å². The average molecular weight is 237 g/mol. The molecule has 1 aliphatic rings. The van der Waals surface area contributed by atoms with Gasteiger partial charge in [-0.1, -0.05) is 0 Å². The molecule has 0 radical (unpaired) electrons. The highest BCUT2D eigenvalue weighted by Gasteiger charge is 2.26. The number of pyridine rings is 1. The summed E-state index contributed by atoms with van der Waals surface area (Å²) in [5, 5.41) is 3.11. The lowest BCUT2D eigenvalue weighted by Crippen LogP contribution is -2.30. The number of likely N-dealkylation sites (tertiary alicyclic amines) is 1. The van der Waals surface area contributed by atoms with E-state index in [4.69, 9.17) is 0 Å². The zero-order chi connectivity index (χ0) is 12.3. The molecule has 1 fully saturated rings. The van der Waals surface area contributed by atoms with Crippen molar-refractivity contribution in [1.29, 1.82) is 0 Å². The van der Waals surface area contributed by atoms with E-state index in [0.717, 1.165) is 32.3 Å². The molecule has 1 aromatic rings. The Labute approximate surface area is 99.8 Å². The van der Waals surface area contributed by atoms with Crippen molar-refractivity contribution in [2.75, 3.05) is 26.7 Å². The molecular weight excluding hydrogens is 221 g/mol. The van der Waals surface area contributed by atoms with Gasteiger partial charge in [-0.25, -0.2) is 4.39 Å². The molecule has 1 aliphatic heterocycles. The SMILES string of the molecule is CNCC1CCN(C(=O)c2cncc(F)c2)C1. The number of nitrogens with one attached hydrogen (secondary N) is 1. The van der Waals surface area contributed by atoms with Crippen LogP contribution in [0.2, 0.25) is 0 Å². The highest BCUT2D eigenvalue weighted by molar-refractivity contribution is 5.94. The van der Waals surface area contributed by atoms with Crippen LogP contribution in [0.15, 0.2) is 18.5 Å². The first-order chi connectivity index (χ1) is 8.20. The van der Waals surface area contributed by atoms with Gasteiger partial charge < -0.3 is 10.2 Å². The maximum atomic E-state index is 13.0. The number of aromatic nitrogens is 1. The van der Waals surface area contributed by atoms with Gasteiger partial charge in [0.05, 0.1) is 11.8 Å². The van der Waals surface area contributed by atoms with Crippen molar-refractivity contribution in [3.05, 3.63) is 29.8 Å². The van der Waals surface area contributed by atoms with E-state index >= 15 is 0 Å². The van der Waals surface area contributed by atoms with Crippen molar-refractivity contribution in [2.45, 2.75) is 6.42 Å². The Bertz CT molecular complexity index is 410. The predicted octanol–water partition coefficient (Wildman–Crippen LogP) is 0.902. The van der Waals surface area contributed by atoms with Gasteiger partial charge in [0.15, 0.2) is 0 Å². The Hall–Kier alpha value is -1.49. The second-order valence-corrected chi connectivity index (χ2v) is 4.36. The zero-order valence-electron chi connectivity index (χ0n) is 9.82. The fourth-order valence-electron chi connectivity index (χ4n) is 2.18. The average Bonchev–Trinajstić information content (AvgIpc) is 2.77. The molecule has 1 aromatic heterocycles. The third kappa shape index (κ3) is 2.79. The molecular formula is C12H16FN3O. The Kier molecular flexibility index (Phi) is 3.68. The summed E-state index contributed by atoms with van der Waals surface area (Å²) in [6, 6.07) is 1.24. The summed E-state index contributed by atoms with van der Waals surface area (Å²) in [5.41, 5.74) is 0.329. The van der Waals surface area contributed by atoms with Crippen molar-refractivity contribution in [2.24, 2.45) is 5.92 Å². The molecule has 1 N–H and O–H groups in total. The number of carbonyl (C=O) groups is 1. The smallest absolute Gasteiger partial charge is 0.255 e. The van der Waals surface area contributed by atoms with E-state index in [9.17, 15) is 9.18 Å². The van der Waals surface area contributed by atoms with Crippen LogP contribution < -0.4 is 5.32 Å². The molecule has 0 bridgehead atoms. The second kappa shape index (κ2) is 5.23. The van der Waals surface area contributed by atoms with Crippen molar-refractivity contribution >= 4 is 5.91 Å². The van der Waals surface area contributed by atoms with Crippen molar-refractivity contribution in [1.82, 2.24) is 15.2 Å². The monoisotopic (exact) mass is 237 g/mol. The van der Waals surface area contributed by atoms with Gasteiger partial charge in [0.2, 0.25) is 0 Å². The van der Waals surface area contributed by atoms with Gasteiger partial charge in [-0.2, -0.15) is 0 Å². The van der Waals surface area contributed by atoms with Gasteiger partial charge in [0, 0.05) is 19.3 Å². The van der Waals surface area contributed by atoms with Crippen molar-refractivity contribution in [3.8, 4) is 0 Å². The molecule has 92 valence electrons. The van der Waals surface area contributed by atoms with E-state index in [1.807, 2.05) is 7.05 Å². The van der Waals surface area contributed by atoms with Crippen LogP contribution in [-0.2, 0) is 0 Å². The second-order valence-electron chi connectivity index (χ2n) is 4.36. The first kappa shape index (κ1) is 12.0. The fourth-order valence-corrected chi connectivity index (χ4v) is 2.18. The van der Waals surface area contributed by atoms with Gasteiger partial charge in [-0.05, 0) is 32.0 Å². The lowest BCUT2D eigenvalue weighted by atomic mass is 10.1. The van der Waals surface area contributed by atoms with Gasteiger partial charge in [0.1, 0.15) is 5.82 Å². The summed E-state index contributed by atoms with van der Waals surface area (Å²) in [6.07, 6.45) is 3.51. The lowest BCUT2D eigenvalue weighted by molar-refractivity contribution is 0.0786. The normalized spacial score (nSPS) is 19.6. The Morgan fingerprint density at radius 2 is 2.47 bits per heavy atom. The number of hydrogen-bond donors (Lipinski definition) is 1. The third-order valence-electron chi connectivity index (χ3n) is 3.02. The van der Waals surface area contributed by atoms with Crippen LogP contribution in [0, 0.1) is 11.7 Å². The standard InChI is InChI=1S/C12H16FN3O/c1-14-5-9-2-3-16(8-9)12(17)10-4-11(13)7-15-6-10/h4,6-7,9,14H,2-3,5,8H2,1H3.